The zero-order valence-electron chi connectivity index (χ0n) is 23.7. The predicted octanol–water partition coefficient (Wildman–Crippen LogP) is 10.8. The lowest BCUT2D eigenvalue weighted by Crippen LogP contribution is -1.90. The molecule has 4 aromatic heterocycles. The van der Waals surface area contributed by atoms with Crippen molar-refractivity contribution in [3.8, 4) is 0 Å². The van der Waals surface area contributed by atoms with Gasteiger partial charge in [-0.05, 0) is 107 Å². The molecule has 4 heterocycles. The highest BCUT2D eigenvalue weighted by Gasteiger charge is 2.05. The Kier molecular flexibility index (Phi) is 16.3. The van der Waals surface area contributed by atoms with E-state index in [0.717, 1.165) is 45.0 Å². The summed E-state index contributed by atoms with van der Waals surface area (Å²) in [5.41, 5.74) is 7.87. The molecule has 8 heteroatoms. The first-order chi connectivity index (χ1) is 21.7. The first kappa shape index (κ1) is 34.4. The third kappa shape index (κ3) is 12.7. The minimum Gasteiger partial charge on any atom is -0.257 e. The molecule has 5 aromatic rings. The lowest BCUT2D eigenvalue weighted by molar-refractivity contribution is 1.30. The lowest BCUT2D eigenvalue weighted by Gasteiger charge is -2.09. The van der Waals surface area contributed by atoms with Crippen molar-refractivity contribution in [2.75, 3.05) is 10.7 Å². The van der Waals surface area contributed by atoms with E-state index in [1.54, 1.807) is 24.8 Å². The molecule has 44 heavy (non-hydrogen) atoms. The molecular weight excluding hydrogens is 630 g/mol. The zero-order chi connectivity index (χ0) is 31.2. The molecule has 0 spiro atoms. The van der Waals surface area contributed by atoms with Gasteiger partial charge in [0, 0.05) is 24.8 Å². The molecular formula is C36H30Cl4N4. The number of alkyl halides is 4. The maximum Gasteiger partial charge on any atom is 0.0967 e. The van der Waals surface area contributed by atoms with Crippen LogP contribution in [0.15, 0.2) is 110 Å². The van der Waals surface area contributed by atoms with Crippen molar-refractivity contribution in [3.05, 3.63) is 155 Å². The quantitative estimate of drug-likeness (QED) is 0.156. The maximum absolute atomic E-state index is 4.76. The van der Waals surface area contributed by atoms with E-state index in [0.29, 0.717) is 0 Å². The fraction of sp³-hybridized carbons (Fsp3) is 0.0556. The molecule has 0 bridgehead atoms. The van der Waals surface area contributed by atoms with Gasteiger partial charge < -0.3 is 0 Å². The number of halogens is 4. The molecule has 5 rings (SSSR count). The normalized spacial score (nSPS) is 11.0. The second kappa shape index (κ2) is 20.8. The standard InChI is InChI=1S/C34H26N4.2CH2Cl2/c1-5-21-35-31(9-1)17-13-27-25-29(15-19-33-11-3-7-23-37-33)30(16-20-34-12-4-8-24-38-34)26-28(27)14-18-32-10-2-6-22-36-32;2*2-1-3/h1-26H;2*1H2/b17-13+,18-14+,19-15+,20-16+;;. The molecule has 0 saturated heterocycles. The molecule has 4 nitrogen and oxygen atoms in total. The van der Waals surface area contributed by atoms with Crippen LogP contribution in [0.3, 0.4) is 0 Å². The molecule has 1 aromatic carbocycles. The number of rotatable bonds is 8. The first-order valence-electron chi connectivity index (χ1n) is 13.4. The van der Waals surface area contributed by atoms with Gasteiger partial charge in [-0.25, -0.2) is 0 Å². The van der Waals surface area contributed by atoms with Crippen molar-refractivity contribution in [2.24, 2.45) is 0 Å². The van der Waals surface area contributed by atoms with Gasteiger partial charge in [0.1, 0.15) is 0 Å². The van der Waals surface area contributed by atoms with Crippen LogP contribution in [0.25, 0.3) is 48.6 Å². The summed E-state index contributed by atoms with van der Waals surface area (Å²) < 4.78 is 0. The van der Waals surface area contributed by atoms with Crippen molar-refractivity contribution in [1.82, 2.24) is 19.9 Å². The van der Waals surface area contributed by atoms with Gasteiger partial charge in [0.2, 0.25) is 0 Å². The first-order valence-corrected chi connectivity index (χ1v) is 15.6. The van der Waals surface area contributed by atoms with Crippen molar-refractivity contribution < 1.29 is 0 Å². The summed E-state index contributed by atoms with van der Waals surface area (Å²) in [6.45, 7) is 0. The highest BCUT2D eigenvalue weighted by atomic mass is 35.5. The van der Waals surface area contributed by atoms with E-state index < -0.39 is 0 Å². The number of nitrogens with zero attached hydrogens (tertiary/aromatic N) is 4. The molecule has 0 saturated carbocycles. The number of pyridine rings is 4. The van der Waals surface area contributed by atoms with Gasteiger partial charge in [-0.1, -0.05) is 48.6 Å². The highest BCUT2D eigenvalue weighted by Crippen LogP contribution is 2.25. The van der Waals surface area contributed by atoms with Gasteiger partial charge in [-0.15, -0.1) is 46.4 Å². The summed E-state index contributed by atoms with van der Waals surface area (Å²) in [7, 11) is 0. The summed E-state index contributed by atoms with van der Waals surface area (Å²) in [5.74, 6) is 0. The minimum absolute atomic E-state index is 0.194. The Labute approximate surface area is 279 Å². The number of benzene rings is 1. The smallest absolute Gasteiger partial charge is 0.0967 e. The van der Waals surface area contributed by atoms with Crippen LogP contribution >= 0.6 is 46.4 Å². The Bertz CT molecular complexity index is 1380. The van der Waals surface area contributed by atoms with Crippen LogP contribution in [0.2, 0.25) is 0 Å². The third-order valence-electron chi connectivity index (χ3n) is 5.77. The summed E-state index contributed by atoms with van der Waals surface area (Å²) in [5, 5.41) is 0.389. The van der Waals surface area contributed by atoms with Gasteiger partial charge in [-0.2, -0.15) is 0 Å². The molecule has 222 valence electrons. The molecule has 0 fully saturated rings. The topological polar surface area (TPSA) is 51.6 Å². The monoisotopic (exact) mass is 658 g/mol. The van der Waals surface area contributed by atoms with Crippen molar-refractivity contribution >= 4 is 95.0 Å². The molecule has 0 aliphatic carbocycles. The molecule has 0 aliphatic heterocycles. The Morgan fingerprint density at radius 3 is 0.773 bits per heavy atom. The molecule has 0 atom stereocenters. The van der Waals surface area contributed by atoms with E-state index in [1.165, 1.54) is 0 Å². The predicted molar refractivity (Wildman–Crippen MR) is 192 cm³/mol. The Hall–Kier alpha value is -4.06. The van der Waals surface area contributed by atoms with Crippen molar-refractivity contribution in [3.63, 3.8) is 0 Å². The van der Waals surface area contributed by atoms with E-state index in [9.17, 15) is 0 Å². The summed E-state index contributed by atoms with van der Waals surface area (Å²) in [6.07, 6.45) is 23.7. The van der Waals surface area contributed by atoms with Gasteiger partial charge in [0.25, 0.3) is 0 Å². The molecule has 0 aliphatic rings. The van der Waals surface area contributed by atoms with Crippen LogP contribution in [-0.4, -0.2) is 30.6 Å². The van der Waals surface area contributed by atoms with E-state index >= 15 is 0 Å². The second-order valence-electron chi connectivity index (χ2n) is 8.66. The van der Waals surface area contributed by atoms with E-state index in [2.05, 4.69) is 56.4 Å². The van der Waals surface area contributed by atoms with Gasteiger partial charge in [0.05, 0.1) is 33.5 Å². The molecule has 0 unspecified atom stereocenters. The number of hydrogen-bond donors (Lipinski definition) is 0. The second-order valence-corrected chi connectivity index (χ2v) is 10.3. The summed E-state index contributed by atoms with van der Waals surface area (Å²) in [4.78, 5) is 17.8. The molecule has 0 amide bonds. The van der Waals surface area contributed by atoms with Crippen LogP contribution in [0.4, 0.5) is 0 Å². The van der Waals surface area contributed by atoms with Crippen molar-refractivity contribution in [2.45, 2.75) is 0 Å². The van der Waals surface area contributed by atoms with E-state index in [-0.39, 0.29) is 10.7 Å². The van der Waals surface area contributed by atoms with Gasteiger partial charge in [-0.3, -0.25) is 19.9 Å². The molecule has 0 radical (unpaired) electrons. The minimum atomic E-state index is 0.194. The van der Waals surface area contributed by atoms with Crippen LogP contribution < -0.4 is 0 Å². The van der Waals surface area contributed by atoms with Crippen LogP contribution in [0.5, 0.6) is 0 Å². The van der Waals surface area contributed by atoms with Crippen molar-refractivity contribution in [1.29, 1.82) is 0 Å². The highest BCUT2D eigenvalue weighted by molar-refractivity contribution is 6.41. The SMILES string of the molecule is C(=C\c1cc(/C=C/c2ccccn2)c(/C=C/c2ccccn2)cc1/C=C/c1ccccn1)/c1ccccn1.ClCCl.ClCCl. The van der Waals surface area contributed by atoms with E-state index in [1.807, 2.05) is 97.1 Å². The Morgan fingerprint density at radius 2 is 0.591 bits per heavy atom. The fourth-order valence-electron chi connectivity index (χ4n) is 3.84. The fourth-order valence-corrected chi connectivity index (χ4v) is 3.84. The third-order valence-corrected chi connectivity index (χ3v) is 5.77. The average molecular weight is 660 g/mol. The van der Waals surface area contributed by atoms with Crippen LogP contribution in [0, 0.1) is 0 Å². The maximum atomic E-state index is 4.76. The van der Waals surface area contributed by atoms with E-state index in [4.69, 9.17) is 46.4 Å². The lowest BCUT2D eigenvalue weighted by atomic mass is 9.96. The van der Waals surface area contributed by atoms with Gasteiger partial charge in [0.15, 0.2) is 0 Å². The Morgan fingerprint density at radius 1 is 0.364 bits per heavy atom. The zero-order valence-corrected chi connectivity index (χ0v) is 26.7. The van der Waals surface area contributed by atoms with Crippen LogP contribution in [-0.2, 0) is 0 Å². The van der Waals surface area contributed by atoms with Crippen LogP contribution in [0.1, 0.15) is 45.0 Å². The molecule has 0 N–H and O–H groups in total. The number of aromatic nitrogens is 4. The Balaban J connectivity index is 0.000000816. The average Bonchev–Trinajstić information content (AvgIpc) is 3.07. The largest absolute Gasteiger partial charge is 0.257 e. The summed E-state index contributed by atoms with van der Waals surface area (Å²) in [6, 6.07) is 28.0. The number of hydrogen-bond acceptors (Lipinski definition) is 4. The summed E-state index contributed by atoms with van der Waals surface area (Å²) >= 11 is 19.1. The van der Waals surface area contributed by atoms with Gasteiger partial charge >= 0.3 is 0 Å².